The lowest BCUT2D eigenvalue weighted by atomic mass is 10.1. The van der Waals surface area contributed by atoms with Gasteiger partial charge in [-0.15, -0.1) is 0 Å². The first-order valence-electron chi connectivity index (χ1n) is 6.71. The van der Waals surface area contributed by atoms with Gasteiger partial charge in [-0.05, 0) is 25.0 Å². The number of hydrogen-bond acceptors (Lipinski definition) is 7. The second-order valence-corrected chi connectivity index (χ2v) is 7.41. The Labute approximate surface area is 122 Å². The van der Waals surface area contributed by atoms with Crippen LogP contribution in [0.3, 0.4) is 0 Å². The van der Waals surface area contributed by atoms with Crippen molar-refractivity contribution in [3.8, 4) is 11.4 Å². The lowest BCUT2D eigenvalue weighted by Gasteiger charge is -2.07. The Morgan fingerprint density at radius 2 is 2.33 bits per heavy atom. The highest BCUT2D eigenvalue weighted by molar-refractivity contribution is 7.91. The molecule has 0 aromatic carbocycles. The van der Waals surface area contributed by atoms with Gasteiger partial charge in [0.2, 0.25) is 11.7 Å². The molecule has 1 atom stereocenters. The van der Waals surface area contributed by atoms with Crippen LogP contribution in [0.25, 0.3) is 11.4 Å². The van der Waals surface area contributed by atoms with Gasteiger partial charge in [0.15, 0.2) is 9.84 Å². The van der Waals surface area contributed by atoms with E-state index in [9.17, 15) is 8.42 Å². The molecule has 0 aliphatic carbocycles. The third-order valence-electron chi connectivity index (χ3n) is 3.52. The Morgan fingerprint density at radius 3 is 3.05 bits per heavy atom. The summed E-state index contributed by atoms with van der Waals surface area (Å²) in [5, 5.41) is 7.08. The normalized spacial score (nSPS) is 20.7. The average molecular weight is 308 g/mol. The molecule has 1 aliphatic heterocycles. The zero-order valence-electron chi connectivity index (χ0n) is 11.6. The lowest BCUT2D eigenvalue weighted by molar-refractivity contribution is 0.360. The quantitative estimate of drug-likeness (QED) is 0.888. The first-order valence-corrected chi connectivity index (χ1v) is 8.53. The highest BCUT2D eigenvalue weighted by atomic mass is 32.2. The number of sulfone groups is 1. The maximum Gasteiger partial charge on any atom is 0.240 e. The molecule has 0 amide bonds. The van der Waals surface area contributed by atoms with Crippen molar-refractivity contribution in [1.82, 2.24) is 20.4 Å². The molecule has 1 saturated heterocycles. The molecule has 7 nitrogen and oxygen atoms in total. The lowest BCUT2D eigenvalue weighted by Crippen LogP contribution is -2.29. The predicted octanol–water partition coefficient (Wildman–Crippen LogP) is 0.717. The van der Waals surface area contributed by atoms with Gasteiger partial charge < -0.3 is 9.84 Å². The average Bonchev–Trinajstić information content (AvgIpc) is 3.03. The molecule has 0 bridgehead atoms. The molecule has 0 spiro atoms. The van der Waals surface area contributed by atoms with Crippen molar-refractivity contribution in [3.63, 3.8) is 0 Å². The number of aryl methyl sites for hydroxylation is 1. The number of pyridine rings is 1. The highest BCUT2D eigenvalue weighted by Crippen LogP contribution is 2.19. The van der Waals surface area contributed by atoms with Gasteiger partial charge >= 0.3 is 0 Å². The van der Waals surface area contributed by atoms with Gasteiger partial charge in [0.05, 0.1) is 18.1 Å². The first-order chi connectivity index (χ1) is 10.0. The fourth-order valence-electron chi connectivity index (χ4n) is 2.32. The molecular formula is C13H16N4O3S. The summed E-state index contributed by atoms with van der Waals surface area (Å²) in [6, 6.07) is 1.85. The van der Waals surface area contributed by atoms with Crippen LogP contribution >= 0.6 is 0 Å². The van der Waals surface area contributed by atoms with Crippen LogP contribution in [-0.4, -0.2) is 41.1 Å². The summed E-state index contributed by atoms with van der Waals surface area (Å²) in [7, 11) is -2.88. The molecule has 1 fully saturated rings. The molecule has 1 N–H and O–H groups in total. The summed E-state index contributed by atoms with van der Waals surface area (Å²) >= 11 is 0. The Kier molecular flexibility index (Phi) is 3.73. The zero-order chi connectivity index (χ0) is 14.9. The minimum atomic E-state index is -2.88. The van der Waals surface area contributed by atoms with Crippen LogP contribution in [0.5, 0.6) is 0 Å². The predicted molar refractivity (Wildman–Crippen MR) is 76.2 cm³/mol. The molecule has 2 aromatic heterocycles. The van der Waals surface area contributed by atoms with E-state index in [4.69, 9.17) is 4.52 Å². The summed E-state index contributed by atoms with van der Waals surface area (Å²) in [6.07, 6.45) is 4.04. The van der Waals surface area contributed by atoms with Crippen molar-refractivity contribution in [1.29, 1.82) is 0 Å². The second kappa shape index (κ2) is 5.53. The molecule has 21 heavy (non-hydrogen) atoms. The number of nitrogens with zero attached hydrogens (tertiary/aromatic N) is 3. The SMILES string of the molecule is Cc1ccncc1-c1noc(CNC2CCS(=O)(=O)C2)n1. The van der Waals surface area contributed by atoms with Crippen molar-refractivity contribution in [2.75, 3.05) is 11.5 Å². The Hall–Kier alpha value is -1.80. The van der Waals surface area contributed by atoms with Crippen LogP contribution in [0.15, 0.2) is 23.0 Å². The second-order valence-electron chi connectivity index (χ2n) is 5.18. The van der Waals surface area contributed by atoms with Crippen molar-refractivity contribution < 1.29 is 12.9 Å². The summed E-state index contributed by atoms with van der Waals surface area (Å²) in [5.41, 5.74) is 1.85. The maximum atomic E-state index is 11.4. The Bertz CT molecular complexity index is 741. The minimum absolute atomic E-state index is 0.0366. The van der Waals surface area contributed by atoms with Crippen LogP contribution in [-0.2, 0) is 16.4 Å². The molecule has 3 heterocycles. The Morgan fingerprint density at radius 1 is 1.48 bits per heavy atom. The van der Waals surface area contributed by atoms with Crippen LogP contribution in [0.1, 0.15) is 17.9 Å². The molecule has 112 valence electrons. The smallest absolute Gasteiger partial charge is 0.240 e. The number of nitrogens with one attached hydrogen (secondary N) is 1. The summed E-state index contributed by atoms with van der Waals surface area (Å²) in [5.74, 6) is 1.36. The van der Waals surface area contributed by atoms with E-state index < -0.39 is 9.84 Å². The van der Waals surface area contributed by atoms with Crippen molar-refractivity contribution in [2.24, 2.45) is 0 Å². The van der Waals surface area contributed by atoms with E-state index in [2.05, 4.69) is 20.4 Å². The highest BCUT2D eigenvalue weighted by Gasteiger charge is 2.27. The monoisotopic (exact) mass is 308 g/mol. The molecule has 3 rings (SSSR count). The minimum Gasteiger partial charge on any atom is -0.338 e. The molecule has 0 radical (unpaired) electrons. The van der Waals surface area contributed by atoms with Crippen molar-refractivity contribution in [3.05, 3.63) is 29.9 Å². The van der Waals surface area contributed by atoms with Crippen LogP contribution in [0.2, 0.25) is 0 Å². The zero-order valence-corrected chi connectivity index (χ0v) is 12.4. The molecule has 0 saturated carbocycles. The molecule has 8 heteroatoms. The fourth-order valence-corrected chi connectivity index (χ4v) is 4.03. The van der Waals surface area contributed by atoms with Crippen LogP contribution in [0, 0.1) is 6.92 Å². The van der Waals surface area contributed by atoms with Crippen molar-refractivity contribution in [2.45, 2.75) is 25.9 Å². The van der Waals surface area contributed by atoms with Crippen molar-refractivity contribution >= 4 is 9.84 Å². The largest absolute Gasteiger partial charge is 0.338 e. The Balaban J connectivity index is 1.65. The van der Waals surface area contributed by atoms with Gasteiger partial charge in [-0.25, -0.2) is 8.42 Å². The molecular weight excluding hydrogens is 292 g/mol. The van der Waals surface area contributed by atoms with E-state index in [-0.39, 0.29) is 17.5 Å². The van der Waals surface area contributed by atoms with Gasteiger partial charge in [0, 0.05) is 24.0 Å². The first kappa shape index (κ1) is 14.2. The maximum absolute atomic E-state index is 11.4. The fraction of sp³-hybridized carbons (Fsp3) is 0.462. The van der Waals surface area contributed by atoms with Crippen LogP contribution in [0.4, 0.5) is 0 Å². The summed E-state index contributed by atoms with van der Waals surface area (Å²) < 4.78 is 27.9. The number of rotatable bonds is 4. The number of aromatic nitrogens is 3. The van der Waals surface area contributed by atoms with E-state index >= 15 is 0 Å². The van der Waals surface area contributed by atoms with Gasteiger partial charge in [-0.1, -0.05) is 5.16 Å². The third-order valence-corrected chi connectivity index (χ3v) is 5.29. The molecule has 2 aromatic rings. The van der Waals surface area contributed by atoms with Gasteiger partial charge in [0.1, 0.15) is 0 Å². The van der Waals surface area contributed by atoms with E-state index in [0.29, 0.717) is 24.7 Å². The van der Waals surface area contributed by atoms with Crippen LogP contribution < -0.4 is 5.32 Å². The van der Waals surface area contributed by atoms with E-state index in [1.807, 2.05) is 13.0 Å². The molecule has 1 unspecified atom stereocenters. The van der Waals surface area contributed by atoms with Gasteiger partial charge in [0.25, 0.3) is 0 Å². The topological polar surface area (TPSA) is 98.0 Å². The van der Waals surface area contributed by atoms with Gasteiger partial charge in [-0.3, -0.25) is 4.98 Å². The standard InChI is InChI=1S/C13H16N4O3S/c1-9-2-4-14-6-11(9)13-16-12(20-17-13)7-15-10-3-5-21(18,19)8-10/h2,4,6,10,15H,3,5,7-8H2,1H3. The number of hydrogen-bond donors (Lipinski definition) is 1. The van der Waals surface area contributed by atoms with E-state index in [0.717, 1.165) is 11.1 Å². The van der Waals surface area contributed by atoms with E-state index in [1.54, 1.807) is 12.4 Å². The van der Waals surface area contributed by atoms with E-state index in [1.165, 1.54) is 0 Å². The summed E-state index contributed by atoms with van der Waals surface area (Å²) in [4.78, 5) is 8.36. The van der Waals surface area contributed by atoms with Gasteiger partial charge in [-0.2, -0.15) is 4.98 Å². The third kappa shape index (κ3) is 3.27. The summed E-state index contributed by atoms with van der Waals surface area (Å²) in [6.45, 7) is 2.32. The molecule has 1 aliphatic rings.